The minimum absolute atomic E-state index is 0.111. The SMILES string of the molecule is [2H]C(Nc1cc(Cl)c2ncc(C#N)c(Nc3cnc(F)c(F)c3)c2c1)(c1cccnc1)c1cn[nH]n1. The highest BCUT2D eigenvalue weighted by molar-refractivity contribution is 6.36. The molecular formula is C23H14ClF2N9. The Morgan fingerprint density at radius 2 is 2.00 bits per heavy atom. The van der Waals surface area contributed by atoms with Crippen molar-refractivity contribution in [3.8, 4) is 6.07 Å². The van der Waals surface area contributed by atoms with Gasteiger partial charge in [-0.3, -0.25) is 9.97 Å². The second-order valence-electron chi connectivity index (χ2n) is 7.23. The number of H-pyrrole nitrogens is 1. The molecule has 0 bridgehead atoms. The fourth-order valence-corrected chi connectivity index (χ4v) is 3.71. The normalized spacial score (nSPS) is 13.0. The number of fused-ring (bicyclic) bond motifs is 1. The zero-order valence-corrected chi connectivity index (χ0v) is 18.3. The van der Waals surface area contributed by atoms with Crippen molar-refractivity contribution in [1.29, 1.82) is 5.26 Å². The van der Waals surface area contributed by atoms with Crippen molar-refractivity contribution < 1.29 is 10.2 Å². The molecule has 0 radical (unpaired) electrons. The highest BCUT2D eigenvalue weighted by Crippen LogP contribution is 2.36. The van der Waals surface area contributed by atoms with Crippen LogP contribution in [0.15, 0.2) is 61.3 Å². The highest BCUT2D eigenvalue weighted by Gasteiger charge is 2.19. The Hall–Kier alpha value is -4.69. The molecule has 0 aliphatic rings. The van der Waals surface area contributed by atoms with Gasteiger partial charge < -0.3 is 10.6 Å². The summed E-state index contributed by atoms with van der Waals surface area (Å²) >= 11 is 6.54. The first kappa shape index (κ1) is 20.9. The Kier molecular flexibility index (Phi) is 5.54. The van der Waals surface area contributed by atoms with Crippen LogP contribution in [0, 0.1) is 23.1 Å². The van der Waals surface area contributed by atoms with Crippen molar-refractivity contribution >= 4 is 39.6 Å². The van der Waals surface area contributed by atoms with E-state index in [1.54, 1.807) is 30.5 Å². The second-order valence-corrected chi connectivity index (χ2v) is 7.64. The molecule has 0 spiro atoms. The molecule has 1 atom stereocenters. The molecule has 4 heterocycles. The number of anilines is 3. The summed E-state index contributed by atoms with van der Waals surface area (Å²) in [6.07, 6.45) is 6.93. The Balaban J connectivity index is 1.65. The quantitative estimate of drug-likeness (QED) is 0.287. The van der Waals surface area contributed by atoms with Crippen molar-refractivity contribution in [3.05, 3.63) is 94.9 Å². The van der Waals surface area contributed by atoms with Gasteiger partial charge in [0.05, 0.1) is 47.3 Å². The van der Waals surface area contributed by atoms with E-state index in [4.69, 9.17) is 11.6 Å². The van der Waals surface area contributed by atoms with Crippen LogP contribution in [0.25, 0.3) is 10.9 Å². The lowest BCUT2D eigenvalue weighted by Gasteiger charge is -2.19. The minimum atomic E-state index is -1.61. The molecule has 0 saturated heterocycles. The standard InChI is InChI=1S/C23H14ClF2N9/c24-17-5-14(32-21(19-11-31-35-34-19)12-2-1-3-28-8-12)4-16-20(13(7-27)9-29-22(16)17)33-15-6-18(25)23(26)30-10-15/h1-6,8-11,21,32H,(H,29,33)(H,31,34,35)/i21D. The number of hydrogen-bond donors (Lipinski definition) is 3. The highest BCUT2D eigenvalue weighted by atomic mass is 35.5. The van der Waals surface area contributed by atoms with Gasteiger partial charge in [0, 0.05) is 35.7 Å². The first-order valence-electron chi connectivity index (χ1n) is 10.5. The second kappa shape index (κ2) is 9.28. The smallest absolute Gasteiger partial charge is 0.249 e. The number of benzene rings is 1. The van der Waals surface area contributed by atoms with Crippen LogP contribution >= 0.6 is 11.6 Å². The molecule has 1 aromatic carbocycles. The van der Waals surface area contributed by atoms with Gasteiger partial charge >= 0.3 is 0 Å². The number of aromatic nitrogens is 6. The van der Waals surface area contributed by atoms with Crippen LogP contribution in [0.3, 0.4) is 0 Å². The van der Waals surface area contributed by atoms with E-state index >= 15 is 0 Å². The van der Waals surface area contributed by atoms with Crippen LogP contribution in [-0.4, -0.2) is 30.4 Å². The monoisotopic (exact) mass is 490 g/mol. The van der Waals surface area contributed by atoms with Gasteiger partial charge in [-0.25, -0.2) is 9.37 Å². The molecule has 12 heteroatoms. The number of nitrogens with one attached hydrogen (secondary N) is 3. The fourth-order valence-electron chi connectivity index (χ4n) is 3.45. The average molecular weight is 491 g/mol. The molecule has 0 amide bonds. The van der Waals surface area contributed by atoms with Gasteiger partial charge in [0.15, 0.2) is 5.82 Å². The van der Waals surface area contributed by atoms with E-state index < -0.39 is 17.8 Å². The van der Waals surface area contributed by atoms with Crippen LogP contribution in [-0.2, 0) is 0 Å². The van der Waals surface area contributed by atoms with Crippen LogP contribution in [0.1, 0.15) is 24.2 Å². The zero-order valence-electron chi connectivity index (χ0n) is 18.6. The number of halogens is 3. The summed E-state index contributed by atoms with van der Waals surface area (Å²) in [5, 5.41) is 26.7. The van der Waals surface area contributed by atoms with Gasteiger partial charge in [0.2, 0.25) is 5.95 Å². The molecule has 0 saturated carbocycles. The molecule has 0 aliphatic heterocycles. The summed E-state index contributed by atoms with van der Waals surface area (Å²) in [4.78, 5) is 11.7. The minimum Gasteiger partial charge on any atom is -0.373 e. The zero-order chi connectivity index (χ0) is 25.3. The number of pyridine rings is 3. The molecule has 0 aliphatic carbocycles. The molecular weight excluding hydrogens is 476 g/mol. The first-order chi connectivity index (χ1) is 17.4. The van der Waals surface area contributed by atoms with Gasteiger partial charge in [-0.05, 0) is 23.8 Å². The van der Waals surface area contributed by atoms with Crippen LogP contribution in [0.4, 0.5) is 25.8 Å². The molecule has 5 aromatic rings. The third-order valence-electron chi connectivity index (χ3n) is 5.00. The molecule has 0 fully saturated rings. The molecule has 5 rings (SSSR count). The Morgan fingerprint density at radius 3 is 2.71 bits per heavy atom. The molecule has 172 valence electrons. The maximum absolute atomic E-state index is 13.8. The van der Waals surface area contributed by atoms with Crippen molar-refractivity contribution in [3.63, 3.8) is 0 Å². The van der Waals surface area contributed by atoms with Gasteiger partial charge in [-0.1, -0.05) is 17.7 Å². The Morgan fingerprint density at radius 1 is 1.11 bits per heavy atom. The summed E-state index contributed by atoms with van der Waals surface area (Å²) in [7, 11) is 0. The van der Waals surface area contributed by atoms with E-state index in [1.165, 1.54) is 18.6 Å². The van der Waals surface area contributed by atoms with E-state index in [0.717, 1.165) is 12.3 Å². The summed E-state index contributed by atoms with van der Waals surface area (Å²) < 4.78 is 36.3. The number of hydrogen-bond acceptors (Lipinski definition) is 8. The van der Waals surface area contributed by atoms with E-state index in [1.807, 2.05) is 6.07 Å². The number of aromatic amines is 1. The lowest BCUT2D eigenvalue weighted by molar-refractivity contribution is 0.480. The number of nitrogens with zero attached hydrogens (tertiary/aromatic N) is 6. The summed E-state index contributed by atoms with van der Waals surface area (Å²) in [6.45, 7) is 0. The lowest BCUT2D eigenvalue weighted by Crippen LogP contribution is -2.13. The predicted molar refractivity (Wildman–Crippen MR) is 125 cm³/mol. The van der Waals surface area contributed by atoms with E-state index in [-0.39, 0.29) is 27.7 Å². The maximum atomic E-state index is 13.8. The summed E-state index contributed by atoms with van der Waals surface area (Å²) in [6, 6.07) is 7.93. The van der Waals surface area contributed by atoms with Crippen LogP contribution in [0.5, 0.6) is 0 Å². The summed E-state index contributed by atoms with van der Waals surface area (Å²) in [5.41, 5.74) is 1.96. The number of rotatable bonds is 6. The van der Waals surface area contributed by atoms with Crippen molar-refractivity contribution in [2.75, 3.05) is 10.6 Å². The Bertz CT molecular complexity index is 1610. The fraction of sp³-hybridized carbons (Fsp3) is 0.0435. The molecule has 35 heavy (non-hydrogen) atoms. The topological polar surface area (TPSA) is 128 Å². The van der Waals surface area contributed by atoms with Crippen molar-refractivity contribution in [2.24, 2.45) is 0 Å². The average Bonchev–Trinajstić information content (AvgIpc) is 3.43. The van der Waals surface area contributed by atoms with E-state index in [2.05, 4.69) is 41.0 Å². The lowest BCUT2D eigenvalue weighted by atomic mass is 10.0. The van der Waals surface area contributed by atoms with Crippen molar-refractivity contribution in [2.45, 2.75) is 6.02 Å². The van der Waals surface area contributed by atoms with Crippen LogP contribution in [0.2, 0.25) is 5.02 Å². The Labute approximate surface area is 203 Å². The maximum Gasteiger partial charge on any atom is 0.249 e. The first-order valence-corrected chi connectivity index (χ1v) is 10.4. The third-order valence-corrected chi connectivity index (χ3v) is 5.29. The molecule has 1 unspecified atom stereocenters. The number of nitriles is 1. The van der Waals surface area contributed by atoms with Crippen molar-refractivity contribution in [1.82, 2.24) is 30.4 Å². The van der Waals surface area contributed by atoms with Gasteiger partial charge in [0.25, 0.3) is 0 Å². The molecule has 4 aromatic heterocycles. The van der Waals surface area contributed by atoms with Gasteiger partial charge in [-0.15, -0.1) is 0 Å². The third kappa shape index (κ3) is 4.42. The molecule has 3 N–H and O–H groups in total. The largest absolute Gasteiger partial charge is 0.373 e. The summed E-state index contributed by atoms with van der Waals surface area (Å²) in [5.74, 6) is -2.40. The van der Waals surface area contributed by atoms with Gasteiger partial charge in [-0.2, -0.15) is 25.1 Å². The van der Waals surface area contributed by atoms with Gasteiger partial charge in [0.1, 0.15) is 11.8 Å². The van der Waals surface area contributed by atoms with E-state index in [9.17, 15) is 15.4 Å². The predicted octanol–water partition coefficient (Wildman–Crippen LogP) is 4.89. The van der Waals surface area contributed by atoms with E-state index in [0.29, 0.717) is 22.2 Å². The molecule has 9 nitrogen and oxygen atoms in total. The van der Waals surface area contributed by atoms with Crippen LogP contribution < -0.4 is 10.6 Å².